The summed E-state index contributed by atoms with van der Waals surface area (Å²) in [5.74, 6) is -1.02. The van der Waals surface area contributed by atoms with Crippen LogP contribution in [0, 0.1) is 5.82 Å². The van der Waals surface area contributed by atoms with Crippen LogP contribution in [0.3, 0.4) is 0 Å². The minimum Gasteiger partial charge on any atom is -0.352 e. The van der Waals surface area contributed by atoms with Crippen molar-refractivity contribution in [3.63, 3.8) is 0 Å². The third-order valence-corrected chi connectivity index (χ3v) is 3.62. The van der Waals surface area contributed by atoms with E-state index in [0.29, 0.717) is 5.69 Å². The molecule has 0 aliphatic carbocycles. The van der Waals surface area contributed by atoms with Gasteiger partial charge < -0.3 is 10.6 Å². The topological polar surface area (TPSA) is 54.0 Å². The monoisotopic (exact) mass is 375 g/mol. The molecule has 4 nitrogen and oxygen atoms in total. The second kappa shape index (κ2) is 7.45. The third-order valence-electron chi connectivity index (χ3n) is 3.62. The Morgan fingerprint density at radius 2 is 1.63 bits per heavy atom. The van der Waals surface area contributed by atoms with Gasteiger partial charge in [0, 0.05) is 11.9 Å². The van der Waals surface area contributed by atoms with Gasteiger partial charge in [-0.3, -0.25) is 9.78 Å². The molecule has 138 valence electrons. The van der Waals surface area contributed by atoms with Gasteiger partial charge in [-0.15, -0.1) is 0 Å². The highest BCUT2D eigenvalue weighted by molar-refractivity contribution is 6.04. The van der Waals surface area contributed by atoms with E-state index in [0.717, 1.165) is 24.3 Å². The first-order valence-electron chi connectivity index (χ1n) is 7.78. The SMILES string of the molecule is O=C(Nc1ccc(C(F)(F)F)cc1)c1cncc(Nc2ccccc2F)c1. The Labute approximate surface area is 151 Å². The number of hydrogen-bond donors (Lipinski definition) is 2. The quantitative estimate of drug-likeness (QED) is 0.614. The number of carbonyl (C=O) groups excluding carboxylic acids is 1. The van der Waals surface area contributed by atoms with Gasteiger partial charge in [0.05, 0.1) is 28.7 Å². The lowest BCUT2D eigenvalue weighted by molar-refractivity contribution is -0.137. The number of para-hydroxylation sites is 1. The molecule has 1 aromatic heterocycles. The Morgan fingerprint density at radius 1 is 0.926 bits per heavy atom. The highest BCUT2D eigenvalue weighted by atomic mass is 19.4. The molecule has 0 saturated heterocycles. The first-order chi connectivity index (χ1) is 12.8. The molecule has 1 amide bonds. The number of nitrogens with one attached hydrogen (secondary N) is 2. The van der Waals surface area contributed by atoms with Crippen LogP contribution < -0.4 is 10.6 Å². The molecule has 2 N–H and O–H groups in total. The average molecular weight is 375 g/mol. The van der Waals surface area contributed by atoms with Crippen molar-refractivity contribution in [2.24, 2.45) is 0 Å². The maximum Gasteiger partial charge on any atom is 0.416 e. The Kier molecular flexibility index (Phi) is 5.07. The number of aromatic nitrogens is 1. The summed E-state index contributed by atoms with van der Waals surface area (Å²) in [7, 11) is 0. The fourth-order valence-electron chi connectivity index (χ4n) is 2.30. The summed E-state index contributed by atoms with van der Waals surface area (Å²) < 4.78 is 51.4. The minimum absolute atomic E-state index is 0.163. The molecule has 0 saturated carbocycles. The van der Waals surface area contributed by atoms with E-state index in [9.17, 15) is 22.4 Å². The number of alkyl halides is 3. The van der Waals surface area contributed by atoms with Crippen LogP contribution in [0.4, 0.5) is 34.6 Å². The number of rotatable bonds is 4. The van der Waals surface area contributed by atoms with Crippen LogP contribution in [0.15, 0.2) is 67.0 Å². The van der Waals surface area contributed by atoms with Gasteiger partial charge in [0.25, 0.3) is 5.91 Å². The van der Waals surface area contributed by atoms with Crippen molar-refractivity contribution in [3.05, 3.63) is 83.9 Å². The molecule has 0 radical (unpaired) electrons. The van der Waals surface area contributed by atoms with E-state index in [1.165, 1.54) is 30.6 Å². The van der Waals surface area contributed by atoms with E-state index in [4.69, 9.17) is 0 Å². The van der Waals surface area contributed by atoms with Crippen molar-refractivity contribution in [1.29, 1.82) is 0 Å². The summed E-state index contributed by atoms with van der Waals surface area (Å²) in [5.41, 5.74) is 0.176. The first kappa shape index (κ1) is 18.4. The number of hydrogen-bond acceptors (Lipinski definition) is 3. The van der Waals surface area contributed by atoms with Gasteiger partial charge in [-0.05, 0) is 42.5 Å². The summed E-state index contributed by atoms with van der Waals surface area (Å²) in [5, 5.41) is 5.30. The Balaban J connectivity index is 1.73. The molecular formula is C19H13F4N3O. The number of nitrogens with zero attached hydrogens (tertiary/aromatic N) is 1. The zero-order valence-electron chi connectivity index (χ0n) is 13.7. The van der Waals surface area contributed by atoms with Gasteiger partial charge in [-0.25, -0.2) is 4.39 Å². The highest BCUT2D eigenvalue weighted by Crippen LogP contribution is 2.30. The van der Waals surface area contributed by atoms with Gasteiger partial charge in [0.1, 0.15) is 5.82 Å². The molecule has 0 fully saturated rings. The summed E-state index contributed by atoms with van der Waals surface area (Å²) in [4.78, 5) is 16.2. The Bertz CT molecular complexity index is 956. The third kappa shape index (κ3) is 4.60. The molecule has 3 rings (SSSR count). The van der Waals surface area contributed by atoms with Gasteiger partial charge >= 0.3 is 6.18 Å². The predicted molar refractivity (Wildman–Crippen MR) is 93.3 cm³/mol. The lowest BCUT2D eigenvalue weighted by atomic mass is 10.2. The number of carbonyl (C=O) groups is 1. The number of pyridine rings is 1. The number of anilines is 3. The maximum atomic E-state index is 13.7. The molecule has 0 spiro atoms. The fraction of sp³-hybridized carbons (Fsp3) is 0.0526. The van der Waals surface area contributed by atoms with E-state index in [1.54, 1.807) is 12.1 Å². The van der Waals surface area contributed by atoms with Crippen LogP contribution in [0.1, 0.15) is 15.9 Å². The van der Waals surface area contributed by atoms with Gasteiger partial charge in [0.2, 0.25) is 0 Å². The fourth-order valence-corrected chi connectivity index (χ4v) is 2.30. The number of halogens is 4. The van der Waals surface area contributed by atoms with E-state index < -0.39 is 23.5 Å². The molecule has 1 heterocycles. The summed E-state index contributed by atoms with van der Waals surface area (Å²) in [6.45, 7) is 0. The molecule has 27 heavy (non-hydrogen) atoms. The van der Waals surface area contributed by atoms with Crippen LogP contribution in [0.25, 0.3) is 0 Å². The van der Waals surface area contributed by atoms with Crippen LogP contribution in [0.2, 0.25) is 0 Å². The van der Waals surface area contributed by atoms with Gasteiger partial charge in [-0.1, -0.05) is 12.1 Å². The molecule has 8 heteroatoms. The molecule has 0 atom stereocenters. The summed E-state index contributed by atoms with van der Waals surface area (Å²) in [6.07, 6.45) is -1.73. The van der Waals surface area contributed by atoms with Gasteiger partial charge in [-0.2, -0.15) is 13.2 Å². The predicted octanol–water partition coefficient (Wildman–Crippen LogP) is 5.24. The maximum absolute atomic E-state index is 13.7. The van der Waals surface area contributed by atoms with E-state index in [-0.39, 0.29) is 16.9 Å². The standard InChI is InChI=1S/C19H13F4N3O/c20-16-3-1-2-4-17(16)25-15-9-12(10-24-11-15)18(27)26-14-7-5-13(6-8-14)19(21,22)23/h1-11,25H,(H,26,27). The molecule has 0 aliphatic heterocycles. The van der Waals surface area contributed by atoms with E-state index >= 15 is 0 Å². The summed E-state index contributed by atoms with van der Waals surface area (Å²) >= 11 is 0. The first-order valence-corrected chi connectivity index (χ1v) is 7.78. The highest BCUT2D eigenvalue weighted by Gasteiger charge is 2.30. The van der Waals surface area contributed by atoms with E-state index in [1.807, 2.05) is 0 Å². The lowest BCUT2D eigenvalue weighted by Crippen LogP contribution is -2.13. The molecule has 0 unspecified atom stereocenters. The van der Waals surface area contributed by atoms with Crippen molar-refractivity contribution >= 4 is 23.0 Å². The van der Waals surface area contributed by atoms with Crippen LogP contribution in [-0.2, 0) is 6.18 Å². The van der Waals surface area contributed by atoms with Crippen molar-refractivity contribution in [3.8, 4) is 0 Å². The molecule has 3 aromatic rings. The smallest absolute Gasteiger partial charge is 0.352 e. The number of benzene rings is 2. The largest absolute Gasteiger partial charge is 0.416 e. The second-order valence-corrected chi connectivity index (χ2v) is 5.60. The van der Waals surface area contributed by atoms with Crippen molar-refractivity contribution in [2.45, 2.75) is 6.18 Å². The van der Waals surface area contributed by atoms with Gasteiger partial charge in [0.15, 0.2) is 0 Å². The second-order valence-electron chi connectivity index (χ2n) is 5.60. The molecular weight excluding hydrogens is 362 g/mol. The Morgan fingerprint density at radius 3 is 2.30 bits per heavy atom. The van der Waals surface area contributed by atoms with Crippen molar-refractivity contribution in [2.75, 3.05) is 10.6 Å². The minimum atomic E-state index is -4.45. The van der Waals surface area contributed by atoms with Crippen LogP contribution in [-0.4, -0.2) is 10.9 Å². The van der Waals surface area contributed by atoms with Crippen molar-refractivity contribution < 1.29 is 22.4 Å². The number of amides is 1. The average Bonchev–Trinajstić information content (AvgIpc) is 2.63. The molecule has 2 aromatic carbocycles. The normalized spacial score (nSPS) is 11.1. The summed E-state index contributed by atoms with van der Waals surface area (Å²) in [6, 6.07) is 11.6. The molecule has 0 aliphatic rings. The molecule has 0 bridgehead atoms. The zero-order valence-corrected chi connectivity index (χ0v) is 13.7. The Hall–Kier alpha value is -3.42. The van der Waals surface area contributed by atoms with Crippen LogP contribution in [0.5, 0.6) is 0 Å². The zero-order chi connectivity index (χ0) is 19.4. The van der Waals surface area contributed by atoms with Crippen LogP contribution >= 0.6 is 0 Å². The van der Waals surface area contributed by atoms with Crippen molar-refractivity contribution in [1.82, 2.24) is 4.98 Å². The lowest BCUT2D eigenvalue weighted by Gasteiger charge is -2.10. The van der Waals surface area contributed by atoms with E-state index in [2.05, 4.69) is 15.6 Å².